The van der Waals surface area contributed by atoms with Crippen LogP contribution >= 0.6 is 0 Å². The van der Waals surface area contributed by atoms with Gasteiger partial charge in [0.25, 0.3) is 0 Å². The molecule has 0 radical (unpaired) electrons. The number of ketones is 2. The van der Waals surface area contributed by atoms with Crippen LogP contribution in [0.2, 0.25) is 0 Å². The first-order valence-corrected chi connectivity index (χ1v) is 8.69. The van der Waals surface area contributed by atoms with E-state index in [1.54, 1.807) is 0 Å². The molecule has 0 aromatic rings. The van der Waals surface area contributed by atoms with Crippen LogP contribution in [0.4, 0.5) is 0 Å². The normalized spacial score (nSPS) is 20.2. The molecule has 1 aliphatic carbocycles. The number of rotatable bonds is 7. The molecule has 2 aliphatic rings. The van der Waals surface area contributed by atoms with E-state index in [1.807, 2.05) is 13.8 Å². The first-order valence-electron chi connectivity index (χ1n) is 8.69. The van der Waals surface area contributed by atoms with Gasteiger partial charge in [0.15, 0.2) is 11.5 Å². The van der Waals surface area contributed by atoms with Gasteiger partial charge in [0, 0.05) is 5.57 Å². The summed E-state index contributed by atoms with van der Waals surface area (Å²) in [6.45, 7) is 6.13. The number of hydrogen-bond donors (Lipinski definition) is 1. The Balaban J connectivity index is 2.12. The maximum atomic E-state index is 12.6. The standard InChI is InChI=1S/C20H26O4/c1-4-5-6-9-14-11-16(21)18-17(22)12-15(10-7-8-13(2)3)24-20(18)19(14)23/h8,11-12,15,22H,4-7,9-10H2,1-3H3. The summed E-state index contributed by atoms with van der Waals surface area (Å²) >= 11 is 0. The third kappa shape index (κ3) is 4.25. The van der Waals surface area contributed by atoms with Gasteiger partial charge in [0.2, 0.25) is 5.78 Å². The van der Waals surface area contributed by atoms with Crippen molar-refractivity contribution in [2.75, 3.05) is 0 Å². The first kappa shape index (κ1) is 18.2. The van der Waals surface area contributed by atoms with Crippen LogP contribution in [0.5, 0.6) is 0 Å². The van der Waals surface area contributed by atoms with Gasteiger partial charge in [-0.3, -0.25) is 9.59 Å². The molecule has 0 bridgehead atoms. The highest BCUT2D eigenvalue weighted by Gasteiger charge is 2.36. The zero-order valence-electron chi connectivity index (χ0n) is 14.7. The van der Waals surface area contributed by atoms with Crippen molar-refractivity contribution in [1.29, 1.82) is 0 Å². The van der Waals surface area contributed by atoms with E-state index in [0.29, 0.717) is 18.4 Å². The van der Waals surface area contributed by atoms with Gasteiger partial charge >= 0.3 is 0 Å². The summed E-state index contributed by atoms with van der Waals surface area (Å²) in [6.07, 6.45) is 9.54. The number of Topliss-reactive ketones (excluding diaryl/α,β-unsaturated/α-hetero) is 1. The monoisotopic (exact) mass is 330 g/mol. The van der Waals surface area contributed by atoms with Crippen LogP contribution in [0.15, 0.2) is 46.5 Å². The number of aliphatic hydroxyl groups is 1. The lowest BCUT2D eigenvalue weighted by Gasteiger charge is -2.27. The third-order valence-corrected chi connectivity index (χ3v) is 4.20. The predicted octanol–water partition coefficient (Wildman–Crippen LogP) is 4.49. The van der Waals surface area contributed by atoms with Crippen molar-refractivity contribution in [3.8, 4) is 0 Å². The van der Waals surface area contributed by atoms with Crippen LogP contribution in [0, 0.1) is 0 Å². The van der Waals surface area contributed by atoms with E-state index in [2.05, 4.69) is 13.0 Å². The average molecular weight is 330 g/mol. The minimum atomic E-state index is -0.383. The van der Waals surface area contributed by atoms with Crippen LogP contribution in [0.25, 0.3) is 0 Å². The fourth-order valence-corrected chi connectivity index (χ4v) is 2.90. The molecule has 0 fully saturated rings. The van der Waals surface area contributed by atoms with Gasteiger partial charge in [0.1, 0.15) is 17.4 Å². The molecule has 24 heavy (non-hydrogen) atoms. The van der Waals surface area contributed by atoms with Gasteiger partial charge in [-0.25, -0.2) is 0 Å². The van der Waals surface area contributed by atoms with Gasteiger partial charge in [-0.15, -0.1) is 0 Å². The molecule has 2 rings (SSSR count). The van der Waals surface area contributed by atoms with Gasteiger partial charge in [-0.1, -0.05) is 31.4 Å². The molecule has 1 atom stereocenters. The van der Waals surface area contributed by atoms with Gasteiger partial charge < -0.3 is 9.84 Å². The second kappa shape index (κ2) is 8.13. The number of carbonyl (C=O) groups is 2. The Kier molecular flexibility index (Phi) is 6.18. The third-order valence-electron chi connectivity index (χ3n) is 4.20. The van der Waals surface area contributed by atoms with Crippen molar-refractivity contribution >= 4 is 11.6 Å². The highest BCUT2D eigenvalue weighted by molar-refractivity contribution is 6.23. The van der Waals surface area contributed by atoms with E-state index in [1.165, 1.54) is 17.7 Å². The highest BCUT2D eigenvalue weighted by atomic mass is 16.5. The Bertz CT molecular complexity index is 643. The zero-order chi connectivity index (χ0) is 17.7. The summed E-state index contributed by atoms with van der Waals surface area (Å²) in [5.41, 5.74) is 1.71. The maximum absolute atomic E-state index is 12.6. The summed E-state index contributed by atoms with van der Waals surface area (Å²) in [6, 6.07) is 0. The van der Waals surface area contributed by atoms with Crippen molar-refractivity contribution in [3.05, 3.63) is 46.5 Å². The molecule has 1 N–H and O–H groups in total. The van der Waals surface area contributed by atoms with E-state index in [4.69, 9.17) is 4.74 Å². The second-order valence-electron chi connectivity index (χ2n) is 6.59. The highest BCUT2D eigenvalue weighted by Crippen LogP contribution is 2.32. The molecule has 0 aromatic carbocycles. The fraction of sp³-hybridized carbons (Fsp3) is 0.500. The summed E-state index contributed by atoms with van der Waals surface area (Å²) in [7, 11) is 0. The SMILES string of the molecule is CCCCCC1=CC(=O)C2=C(OC(CCC=C(C)C)C=C2O)C1=O. The molecule has 4 heteroatoms. The summed E-state index contributed by atoms with van der Waals surface area (Å²) < 4.78 is 5.76. The van der Waals surface area contributed by atoms with Crippen LogP contribution in [0.1, 0.15) is 59.3 Å². The Labute approximate surface area is 143 Å². The lowest BCUT2D eigenvalue weighted by atomic mass is 9.89. The van der Waals surface area contributed by atoms with E-state index < -0.39 is 0 Å². The number of hydrogen-bond acceptors (Lipinski definition) is 4. The zero-order valence-corrected chi connectivity index (χ0v) is 14.7. The lowest BCUT2D eigenvalue weighted by Crippen LogP contribution is -2.29. The van der Waals surface area contributed by atoms with Crippen LogP contribution in [0.3, 0.4) is 0 Å². The molecule has 0 aromatic heterocycles. The van der Waals surface area contributed by atoms with Gasteiger partial charge in [0.05, 0.1) is 0 Å². The summed E-state index contributed by atoms with van der Waals surface area (Å²) in [5.74, 6) is -0.711. The summed E-state index contributed by atoms with van der Waals surface area (Å²) in [5, 5.41) is 10.2. The molecule has 4 nitrogen and oxygen atoms in total. The molecule has 1 heterocycles. The number of ether oxygens (including phenoxy) is 1. The van der Waals surface area contributed by atoms with Crippen molar-refractivity contribution in [2.45, 2.75) is 65.4 Å². The van der Waals surface area contributed by atoms with Crippen LogP contribution in [-0.2, 0) is 14.3 Å². The molecule has 0 amide bonds. The topological polar surface area (TPSA) is 63.6 Å². The van der Waals surface area contributed by atoms with Crippen LogP contribution in [-0.4, -0.2) is 22.8 Å². The Hall–Kier alpha value is -2.10. The molecule has 1 unspecified atom stereocenters. The molecular formula is C20H26O4. The Morgan fingerprint density at radius 1 is 1.29 bits per heavy atom. The number of aliphatic hydroxyl groups excluding tert-OH is 1. The Morgan fingerprint density at radius 2 is 2.04 bits per heavy atom. The molecule has 0 saturated heterocycles. The molecule has 1 aliphatic heterocycles. The van der Waals surface area contributed by atoms with Crippen molar-refractivity contribution < 1.29 is 19.4 Å². The smallest absolute Gasteiger partial charge is 0.224 e. The first-order chi connectivity index (χ1) is 11.4. The fourth-order valence-electron chi connectivity index (χ4n) is 2.90. The summed E-state index contributed by atoms with van der Waals surface area (Å²) in [4.78, 5) is 24.9. The van der Waals surface area contributed by atoms with Crippen molar-refractivity contribution in [1.82, 2.24) is 0 Å². The van der Waals surface area contributed by atoms with Crippen molar-refractivity contribution in [2.24, 2.45) is 0 Å². The minimum absolute atomic E-state index is 0.0118. The number of unbranched alkanes of at least 4 members (excludes halogenated alkanes) is 2. The van der Waals surface area contributed by atoms with Gasteiger partial charge in [-0.2, -0.15) is 0 Å². The van der Waals surface area contributed by atoms with E-state index in [0.717, 1.165) is 25.7 Å². The number of carbonyl (C=O) groups excluding carboxylic acids is 2. The molecule has 0 spiro atoms. The maximum Gasteiger partial charge on any atom is 0.224 e. The molecular weight excluding hydrogens is 304 g/mol. The van der Waals surface area contributed by atoms with E-state index in [9.17, 15) is 14.7 Å². The van der Waals surface area contributed by atoms with E-state index >= 15 is 0 Å². The largest absolute Gasteiger partial charge is 0.507 e. The molecule has 130 valence electrons. The lowest BCUT2D eigenvalue weighted by molar-refractivity contribution is -0.119. The predicted molar refractivity (Wildman–Crippen MR) is 93.5 cm³/mol. The van der Waals surface area contributed by atoms with E-state index in [-0.39, 0.29) is 34.8 Å². The Morgan fingerprint density at radius 3 is 2.71 bits per heavy atom. The van der Waals surface area contributed by atoms with Crippen LogP contribution < -0.4 is 0 Å². The second-order valence-corrected chi connectivity index (χ2v) is 6.59. The van der Waals surface area contributed by atoms with Crippen molar-refractivity contribution in [3.63, 3.8) is 0 Å². The number of allylic oxidation sites excluding steroid dienone is 5. The average Bonchev–Trinajstić information content (AvgIpc) is 2.51. The van der Waals surface area contributed by atoms with Gasteiger partial charge in [-0.05, 0) is 51.7 Å². The molecule has 0 saturated carbocycles. The minimum Gasteiger partial charge on any atom is -0.507 e. The quantitative estimate of drug-likeness (QED) is 0.424.